The van der Waals surface area contributed by atoms with Gasteiger partial charge in [0, 0.05) is 37.1 Å². The summed E-state index contributed by atoms with van der Waals surface area (Å²) >= 11 is 0. The van der Waals surface area contributed by atoms with Crippen molar-refractivity contribution < 1.29 is 24.0 Å². The van der Waals surface area contributed by atoms with Gasteiger partial charge in [-0.2, -0.15) is 4.58 Å². The second kappa shape index (κ2) is 7.98. The number of carboxylic acids is 1. The molecule has 0 saturated heterocycles. The van der Waals surface area contributed by atoms with Crippen LogP contribution in [0.4, 0.5) is 5.69 Å². The molecule has 1 aliphatic rings. The smallest absolute Gasteiger partial charge is 0.303 e. The number of carbonyl (C=O) groups is 1. The van der Waals surface area contributed by atoms with E-state index in [1.54, 1.807) is 0 Å². The number of carboxylic acid groups (broad SMARTS) is 1. The van der Waals surface area contributed by atoms with Crippen molar-refractivity contribution in [2.75, 3.05) is 6.54 Å². The summed E-state index contributed by atoms with van der Waals surface area (Å²) in [5.74, 6) is 1.45. The fraction of sp³-hybridized carbons (Fsp3) is 0.450. The number of hydrogen-bond donors (Lipinski definition) is 1. The van der Waals surface area contributed by atoms with Gasteiger partial charge in [-0.25, -0.2) is 4.79 Å². The SMILES string of the molecule is CC1=[N+](CCCCCC(=O)O)c2ccc(OC=C=C=O)cc2C1(C)C. The molecule has 2 rings (SSSR count). The molecular formula is C20H24NO4+. The zero-order valence-electron chi connectivity index (χ0n) is 15.0. The number of fused-ring (bicyclic) bond motifs is 1. The highest BCUT2D eigenvalue weighted by atomic mass is 16.5. The molecule has 1 aromatic carbocycles. The molecule has 5 heteroatoms. The van der Waals surface area contributed by atoms with Gasteiger partial charge in [0.25, 0.3) is 0 Å². The molecule has 0 bridgehead atoms. The molecule has 5 nitrogen and oxygen atoms in total. The highest BCUT2D eigenvalue weighted by molar-refractivity contribution is 5.93. The molecule has 0 spiro atoms. The maximum absolute atomic E-state index is 10.6. The van der Waals surface area contributed by atoms with E-state index in [0.717, 1.165) is 25.1 Å². The summed E-state index contributed by atoms with van der Waals surface area (Å²) in [6.45, 7) is 7.36. The minimum absolute atomic E-state index is 0.111. The van der Waals surface area contributed by atoms with E-state index in [1.807, 2.05) is 18.2 Å². The second-order valence-corrected chi connectivity index (χ2v) is 6.73. The number of rotatable bonds is 8. The van der Waals surface area contributed by atoms with Gasteiger partial charge in [-0.3, -0.25) is 4.79 Å². The molecule has 0 fully saturated rings. The first kappa shape index (κ1) is 18.7. The number of carbonyl (C=O) groups excluding carboxylic acids is 1. The zero-order chi connectivity index (χ0) is 18.4. The van der Waals surface area contributed by atoms with Crippen LogP contribution in [0.2, 0.25) is 0 Å². The lowest BCUT2D eigenvalue weighted by molar-refractivity contribution is -0.439. The Hall–Kier alpha value is -2.61. The molecule has 0 aliphatic carbocycles. The molecule has 0 atom stereocenters. The third-order valence-electron chi connectivity index (χ3n) is 4.83. The van der Waals surface area contributed by atoms with Gasteiger partial charge in [-0.1, -0.05) is 0 Å². The molecular weight excluding hydrogens is 318 g/mol. The maximum atomic E-state index is 10.6. The summed E-state index contributed by atoms with van der Waals surface area (Å²) in [5.41, 5.74) is 5.73. The van der Waals surface area contributed by atoms with E-state index in [1.165, 1.54) is 23.5 Å². The van der Waals surface area contributed by atoms with Gasteiger partial charge >= 0.3 is 5.97 Å². The van der Waals surface area contributed by atoms with Gasteiger partial charge in [0.15, 0.2) is 11.7 Å². The van der Waals surface area contributed by atoms with Crippen LogP contribution in [0.1, 0.15) is 52.0 Å². The summed E-state index contributed by atoms with van der Waals surface area (Å²) < 4.78 is 7.70. The van der Waals surface area contributed by atoms with Crippen molar-refractivity contribution in [3.8, 4) is 5.75 Å². The molecule has 0 saturated carbocycles. The lowest BCUT2D eigenvalue weighted by Gasteiger charge is -2.15. The largest absolute Gasteiger partial charge is 0.481 e. The van der Waals surface area contributed by atoms with Gasteiger partial charge in [0.2, 0.25) is 5.69 Å². The number of hydrogen-bond acceptors (Lipinski definition) is 3. The van der Waals surface area contributed by atoms with Gasteiger partial charge < -0.3 is 9.84 Å². The molecule has 1 N–H and O–H groups in total. The van der Waals surface area contributed by atoms with Crippen LogP contribution in [0.25, 0.3) is 0 Å². The molecule has 1 aromatic rings. The van der Waals surface area contributed by atoms with Crippen LogP contribution >= 0.6 is 0 Å². The van der Waals surface area contributed by atoms with Crippen LogP contribution in [-0.4, -0.2) is 33.8 Å². The first-order chi connectivity index (χ1) is 11.9. The van der Waals surface area contributed by atoms with Gasteiger partial charge in [0.1, 0.15) is 18.6 Å². The van der Waals surface area contributed by atoms with E-state index in [4.69, 9.17) is 9.84 Å². The van der Waals surface area contributed by atoms with Gasteiger partial charge in [-0.05, 0) is 38.8 Å². The average Bonchev–Trinajstić information content (AvgIpc) is 2.75. The molecule has 25 heavy (non-hydrogen) atoms. The first-order valence-corrected chi connectivity index (χ1v) is 8.47. The molecule has 0 amide bonds. The Kier molecular flexibility index (Phi) is 5.97. The van der Waals surface area contributed by atoms with Gasteiger partial charge in [-0.15, -0.1) is 0 Å². The molecule has 132 valence electrons. The fourth-order valence-corrected chi connectivity index (χ4v) is 3.17. The summed E-state index contributed by atoms with van der Waals surface area (Å²) in [6, 6.07) is 5.89. The Morgan fingerprint density at radius 1 is 1.32 bits per heavy atom. The predicted octanol–water partition coefficient (Wildman–Crippen LogP) is 3.61. The number of nitrogens with zero attached hydrogens (tertiary/aromatic N) is 1. The van der Waals surface area contributed by atoms with E-state index in [9.17, 15) is 9.59 Å². The molecule has 1 aliphatic heterocycles. The molecule has 0 radical (unpaired) electrons. The second-order valence-electron chi connectivity index (χ2n) is 6.73. The van der Waals surface area contributed by atoms with E-state index < -0.39 is 5.97 Å². The molecule has 0 aromatic heterocycles. The normalized spacial score (nSPS) is 14.5. The number of ether oxygens (including phenoxy) is 1. The topological polar surface area (TPSA) is 66.6 Å². The zero-order valence-corrected chi connectivity index (χ0v) is 15.0. The van der Waals surface area contributed by atoms with Crippen molar-refractivity contribution in [1.29, 1.82) is 0 Å². The Morgan fingerprint density at radius 3 is 2.76 bits per heavy atom. The first-order valence-electron chi connectivity index (χ1n) is 8.47. The molecule has 0 unspecified atom stereocenters. The van der Waals surface area contributed by atoms with Crippen LogP contribution < -0.4 is 4.74 Å². The minimum Gasteiger partial charge on any atom is -0.481 e. The van der Waals surface area contributed by atoms with E-state index in [2.05, 4.69) is 31.1 Å². The summed E-state index contributed by atoms with van der Waals surface area (Å²) in [4.78, 5) is 20.8. The van der Waals surface area contributed by atoms with Crippen molar-refractivity contribution in [1.82, 2.24) is 0 Å². The summed E-state index contributed by atoms with van der Waals surface area (Å²) in [7, 11) is 0. The molecule has 1 heterocycles. The van der Waals surface area contributed by atoms with Crippen molar-refractivity contribution in [3.63, 3.8) is 0 Å². The third kappa shape index (κ3) is 4.27. The van der Waals surface area contributed by atoms with Crippen LogP contribution in [-0.2, 0) is 15.0 Å². The lowest BCUT2D eigenvalue weighted by atomic mass is 9.82. The fourth-order valence-electron chi connectivity index (χ4n) is 3.17. The lowest BCUT2D eigenvalue weighted by Crippen LogP contribution is -2.26. The van der Waals surface area contributed by atoms with Crippen LogP contribution in [0.3, 0.4) is 0 Å². The highest BCUT2D eigenvalue weighted by Gasteiger charge is 2.42. The van der Waals surface area contributed by atoms with Crippen molar-refractivity contribution in [2.45, 2.75) is 51.9 Å². The number of unbranched alkanes of at least 4 members (excludes halogenated alkanes) is 2. The van der Waals surface area contributed by atoms with E-state index in [-0.39, 0.29) is 11.8 Å². The van der Waals surface area contributed by atoms with Gasteiger partial charge in [0.05, 0.1) is 5.41 Å². The Morgan fingerprint density at radius 2 is 2.08 bits per heavy atom. The quantitative estimate of drug-likeness (QED) is 0.258. The monoisotopic (exact) mass is 342 g/mol. The Balaban J connectivity index is 2.15. The average molecular weight is 342 g/mol. The summed E-state index contributed by atoms with van der Waals surface area (Å²) in [6.07, 6.45) is 3.99. The number of aliphatic carboxylic acids is 1. The van der Waals surface area contributed by atoms with Crippen LogP contribution in [0.15, 0.2) is 30.2 Å². The van der Waals surface area contributed by atoms with E-state index in [0.29, 0.717) is 12.2 Å². The highest BCUT2D eigenvalue weighted by Crippen LogP contribution is 2.41. The standard InChI is InChI=1S/C20H23NO4/c1-15-20(2,3)17-14-16(25-13-7-12-22)9-10-18(17)21(15)11-6-4-5-8-19(23)24/h9-10,13-14H,4-6,8,11H2,1-3H3/p+1. The van der Waals surface area contributed by atoms with Crippen LogP contribution in [0, 0.1) is 0 Å². The van der Waals surface area contributed by atoms with Crippen molar-refractivity contribution >= 4 is 23.3 Å². The Bertz CT molecular complexity index is 779. The van der Waals surface area contributed by atoms with Crippen molar-refractivity contribution in [2.24, 2.45) is 0 Å². The summed E-state index contributed by atoms with van der Waals surface area (Å²) in [5, 5.41) is 8.71. The van der Waals surface area contributed by atoms with Crippen molar-refractivity contribution in [3.05, 3.63) is 35.8 Å². The third-order valence-corrected chi connectivity index (χ3v) is 4.83. The predicted molar refractivity (Wildman–Crippen MR) is 95.4 cm³/mol. The Labute approximate surface area is 147 Å². The van der Waals surface area contributed by atoms with E-state index >= 15 is 0 Å². The maximum Gasteiger partial charge on any atom is 0.303 e. The number of benzene rings is 1. The van der Waals surface area contributed by atoms with Crippen LogP contribution in [0.5, 0.6) is 5.75 Å². The minimum atomic E-state index is -0.735.